The summed E-state index contributed by atoms with van der Waals surface area (Å²) < 4.78 is 0. The highest BCUT2D eigenvalue weighted by Crippen LogP contribution is 2.25. The van der Waals surface area contributed by atoms with Gasteiger partial charge in [0, 0.05) is 12.7 Å². The van der Waals surface area contributed by atoms with Crippen molar-refractivity contribution in [3.8, 4) is 0 Å². The maximum atomic E-state index is 11.9. The number of aromatic nitrogens is 1. The van der Waals surface area contributed by atoms with Gasteiger partial charge in [0.05, 0.1) is 5.69 Å². The Morgan fingerprint density at radius 2 is 2.00 bits per heavy atom. The highest BCUT2D eigenvalue weighted by Gasteiger charge is 2.19. The molecular weight excluding hydrogens is 240 g/mol. The summed E-state index contributed by atoms with van der Waals surface area (Å²) in [5.41, 5.74) is 5.13. The van der Waals surface area contributed by atoms with Crippen LogP contribution in [0.15, 0.2) is 48.7 Å². The molecule has 19 heavy (non-hydrogen) atoms. The number of carbonyl (C=O) groups excluding carboxylic acids is 1. The molecule has 5 heteroatoms. The van der Waals surface area contributed by atoms with E-state index in [1.54, 1.807) is 18.3 Å². The first kappa shape index (κ1) is 11.5. The summed E-state index contributed by atoms with van der Waals surface area (Å²) in [4.78, 5) is 15.9. The number of rotatable bonds is 2. The van der Waals surface area contributed by atoms with Gasteiger partial charge in [0.25, 0.3) is 0 Å². The number of urea groups is 1. The zero-order valence-corrected chi connectivity index (χ0v) is 10.3. The number of fused-ring (bicyclic) bond motifs is 1. The average molecular weight is 254 g/mol. The van der Waals surface area contributed by atoms with Gasteiger partial charge in [0.15, 0.2) is 0 Å². The molecule has 0 unspecified atom stereocenters. The second-order valence-electron chi connectivity index (χ2n) is 4.31. The van der Waals surface area contributed by atoms with Crippen LogP contribution in [0.2, 0.25) is 0 Å². The summed E-state index contributed by atoms with van der Waals surface area (Å²) in [6.45, 7) is 0.787. The molecule has 1 aromatic carbocycles. The van der Waals surface area contributed by atoms with E-state index in [9.17, 15) is 4.79 Å². The Balaban J connectivity index is 1.65. The van der Waals surface area contributed by atoms with E-state index in [0.29, 0.717) is 5.82 Å². The molecule has 2 amide bonds. The van der Waals surface area contributed by atoms with Gasteiger partial charge in [-0.25, -0.2) is 15.2 Å². The van der Waals surface area contributed by atoms with Crippen molar-refractivity contribution in [3.63, 3.8) is 0 Å². The highest BCUT2D eigenvalue weighted by molar-refractivity contribution is 5.89. The predicted molar refractivity (Wildman–Crippen MR) is 73.9 cm³/mol. The quantitative estimate of drug-likeness (QED) is 0.863. The molecule has 96 valence electrons. The molecule has 0 bridgehead atoms. The van der Waals surface area contributed by atoms with E-state index < -0.39 is 0 Å². The number of hydrogen-bond donors (Lipinski definition) is 2. The number of amides is 2. The van der Waals surface area contributed by atoms with Crippen LogP contribution in [-0.4, -0.2) is 17.6 Å². The second kappa shape index (κ2) is 4.97. The molecule has 0 saturated heterocycles. The number of pyridine rings is 1. The fourth-order valence-corrected chi connectivity index (χ4v) is 2.16. The highest BCUT2D eigenvalue weighted by atomic mass is 16.2. The van der Waals surface area contributed by atoms with Crippen molar-refractivity contribution in [2.45, 2.75) is 6.42 Å². The Labute approximate surface area is 111 Å². The number of nitrogens with zero attached hydrogens (tertiary/aromatic N) is 2. The van der Waals surface area contributed by atoms with Crippen LogP contribution in [-0.2, 0) is 6.42 Å². The van der Waals surface area contributed by atoms with E-state index in [4.69, 9.17) is 0 Å². The summed E-state index contributed by atoms with van der Waals surface area (Å²) in [5, 5.41) is 4.55. The Morgan fingerprint density at radius 1 is 1.16 bits per heavy atom. The van der Waals surface area contributed by atoms with Gasteiger partial charge in [-0.3, -0.25) is 10.3 Å². The third-order valence-electron chi connectivity index (χ3n) is 3.03. The van der Waals surface area contributed by atoms with Crippen LogP contribution in [0.4, 0.5) is 16.3 Å². The lowest BCUT2D eigenvalue weighted by molar-refractivity contribution is 0.251. The molecule has 0 atom stereocenters. The predicted octanol–water partition coefficient (Wildman–Crippen LogP) is 2.18. The van der Waals surface area contributed by atoms with Gasteiger partial charge >= 0.3 is 6.03 Å². The van der Waals surface area contributed by atoms with Gasteiger partial charge in [0.2, 0.25) is 0 Å². The minimum absolute atomic E-state index is 0.282. The molecule has 2 heterocycles. The number of hydrazine groups is 1. The Morgan fingerprint density at radius 3 is 2.84 bits per heavy atom. The van der Waals surface area contributed by atoms with E-state index in [1.165, 1.54) is 5.56 Å². The lowest BCUT2D eigenvalue weighted by Crippen LogP contribution is -2.43. The topological polar surface area (TPSA) is 57.3 Å². The Bertz CT molecular complexity index is 585. The molecule has 3 rings (SSSR count). The van der Waals surface area contributed by atoms with Crippen molar-refractivity contribution < 1.29 is 4.79 Å². The molecule has 2 N–H and O–H groups in total. The van der Waals surface area contributed by atoms with Crippen LogP contribution in [0.3, 0.4) is 0 Å². The summed E-state index contributed by atoms with van der Waals surface area (Å²) in [6, 6.07) is 13.2. The zero-order chi connectivity index (χ0) is 13.1. The number of nitrogens with one attached hydrogen (secondary N) is 2. The van der Waals surface area contributed by atoms with Crippen LogP contribution in [0.5, 0.6) is 0 Å². The number of hydrogen-bond acceptors (Lipinski definition) is 3. The molecule has 2 aromatic rings. The summed E-state index contributed by atoms with van der Waals surface area (Å²) in [6.07, 6.45) is 2.58. The van der Waals surface area contributed by atoms with E-state index in [1.807, 2.05) is 29.3 Å². The second-order valence-corrected chi connectivity index (χ2v) is 4.31. The first-order valence-electron chi connectivity index (χ1n) is 6.17. The molecule has 0 spiro atoms. The SMILES string of the molecule is O=C(Nc1ccccn1)NN1CCc2ccccc21. The van der Waals surface area contributed by atoms with Crippen molar-refractivity contribution in [2.75, 3.05) is 16.9 Å². The monoisotopic (exact) mass is 254 g/mol. The van der Waals surface area contributed by atoms with Crippen LogP contribution < -0.4 is 15.8 Å². The number of benzene rings is 1. The van der Waals surface area contributed by atoms with E-state index in [0.717, 1.165) is 18.7 Å². The number of para-hydroxylation sites is 1. The van der Waals surface area contributed by atoms with Crippen molar-refractivity contribution in [1.29, 1.82) is 0 Å². The standard InChI is InChI=1S/C14H14N4O/c19-14(16-13-7-3-4-9-15-13)17-18-10-8-11-5-1-2-6-12(11)18/h1-7,9H,8,10H2,(H2,15,16,17,19). The van der Waals surface area contributed by atoms with E-state index in [-0.39, 0.29) is 6.03 Å². The van der Waals surface area contributed by atoms with E-state index in [2.05, 4.69) is 21.8 Å². The largest absolute Gasteiger partial charge is 0.339 e. The third kappa shape index (κ3) is 2.49. The van der Waals surface area contributed by atoms with Gasteiger partial charge in [0.1, 0.15) is 5.82 Å². The molecular formula is C14H14N4O. The molecule has 0 saturated carbocycles. The molecule has 1 aliphatic rings. The summed E-state index contributed by atoms with van der Waals surface area (Å²) in [5.74, 6) is 0.535. The van der Waals surface area contributed by atoms with Gasteiger partial charge in [-0.2, -0.15) is 0 Å². The van der Waals surface area contributed by atoms with Gasteiger partial charge in [-0.1, -0.05) is 24.3 Å². The van der Waals surface area contributed by atoms with Crippen molar-refractivity contribution in [3.05, 3.63) is 54.2 Å². The molecule has 1 aromatic heterocycles. The van der Waals surface area contributed by atoms with Crippen LogP contribution in [0.25, 0.3) is 0 Å². The molecule has 0 fully saturated rings. The normalized spacial score (nSPS) is 12.9. The lowest BCUT2D eigenvalue weighted by Gasteiger charge is -2.20. The van der Waals surface area contributed by atoms with Crippen molar-refractivity contribution in [1.82, 2.24) is 10.4 Å². The summed E-state index contributed by atoms with van der Waals surface area (Å²) >= 11 is 0. The maximum Gasteiger partial charge on any atom is 0.339 e. The minimum atomic E-state index is -0.282. The Hall–Kier alpha value is -2.56. The fraction of sp³-hybridized carbons (Fsp3) is 0.143. The fourth-order valence-electron chi connectivity index (χ4n) is 2.16. The molecule has 0 aliphatic carbocycles. The third-order valence-corrected chi connectivity index (χ3v) is 3.03. The molecule has 5 nitrogen and oxygen atoms in total. The smallest absolute Gasteiger partial charge is 0.291 e. The van der Waals surface area contributed by atoms with Crippen LogP contribution in [0.1, 0.15) is 5.56 Å². The van der Waals surface area contributed by atoms with Gasteiger partial charge in [-0.15, -0.1) is 0 Å². The van der Waals surface area contributed by atoms with Crippen molar-refractivity contribution >= 4 is 17.5 Å². The average Bonchev–Trinajstić information content (AvgIpc) is 2.83. The van der Waals surface area contributed by atoms with Crippen LogP contribution >= 0.6 is 0 Å². The lowest BCUT2D eigenvalue weighted by atomic mass is 10.2. The first-order valence-corrected chi connectivity index (χ1v) is 6.17. The molecule has 0 radical (unpaired) electrons. The van der Waals surface area contributed by atoms with Gasteiger partial charge in [-0.05, 0) is 30.2 Å². The summed E-state index contributed by atoms with van der Waals surface area (Å²) in [7, 11) is 0. The Kier molecular flexibility index (Phi) is 3.02. The van der Waals surface area contributed by atoms with E-state index >= 15 is 0 Å². The number of anilines is 2. The number of carbonyl (C=O) groups is 1. The first-order chi connectivity index (χ1) is 9.33. The molecule has 1 aliphatic heterocycles. The maximum absolute atomic E-state index is 11.9. The van der Waals surface area contributed by atoms with Crippen LogP contribution in [0, 0.1) is 0 Å². The van der Waals surface area contributed by atoms with Crippen molar-refractivity contribution in [2.24, 2.45) is 0 Å². The zero-order valence-electron chi connectivity index (χ0n) is 10.3. The van der Waals surface area contributed by atoms with Gasteiger partial charge < -0.3 is 0 Å². The minimum Gasteiger partial charge on any atom is -0.291 e.